The van der Waals surface area contributed by atoms with Crippen molar-refractivity contribution in [1.82, 2.24) is 10.2 Å². The van der Waals surface area contributed by atoms with Gasteiger partial charge in [0.25, 0.3) is 5.91 Å². The Morgan fingerprint density at radius 3 is 2.37 bits per heavy atom. The van der Waals surface area contributed by atoms with Crippen LogP contribution in [-0.4, -0.2) is 35.9 Å². The van der Waals surface area contributed by atoms with Gasteiger partial charge in [0.2, 0.25) is 5.91 Å². The second kappa shape index (κ2) is 13.5. The van der Waals surface area contributed by atoms with Crippen LogP contribution < -0.4 is 10.1 Å². The van der Waals surface area contributed by atoms with Crippen molar-refractivity contribution < 1.29 is 14.3 Å². The number of hydrogen-bond donors (Lipinski definition) is 1. The van der Waals surface area contributed by atoms with E-state index in [-0.39, 0.29) is 18.4 Å². The Labute approximate surface area is 213 Å². The third-order valence-electron chi connectivity index (χ3n) is 5.71. The number of aryl methyl sites for hydroxylation is 1. The minimum absolute atomic E-state index is 0.158. The van der Waals surface area contributed by atoms with E-state index < -0.39 is 6.04 Å². The number of nitrogens with zero attached hydrogens (tertiary/aromatic N) is 1. The Hall–Kier alpha value is -3.31. The molecule has 0 saturated carbocycles. The zero-order valence-corrected chi connectivity index (χ0v) is 21.1. The van der Waals surface area contributed by atoms with Gasteiger partial charge in [-0.15, -0.1) is 0 Å². The molecule has 0 bridgehead atoms. The van der Waals surface area contributed by atoms with Gasteiger partial charge in [-0.3, -0.25) is 9.59 Å². The highest BCUT2D eigenvalue weighted by molar-refractivity contribution is 6.30. The summed E-state index contributed by atoms with van der Waals surface area (Å²) in [6, 6.07) is 24.0. The van der Waals surface area contributed by atoms with Gasteiger partial charge in [-0.2, -0.15) is 0 Å². The van der Waals surface area contributed by atoms with Gasteiger partial charge in [-0.25, -0.2) is 0 Å². The molecule has 1 atom stereocenters. The minimum Gasteiger partial charge on any atom is -0.484 e. The maximum absolute atomic E-state index is 13.5. The second-order valence-electron chi connectivity index (χ2n) is 8.60. The third kappa shape index (κ3) is 8.45. The summed E-state index contributed by atoms with van der Waals surface area (Å²) in [4.78, 5) is 28.5. The second-order valence-corrected chi connectivity index (χ2v) is 9.04. The molecule has 5 nitrogen and oxygen atoms in total. The van der Waals surface area contributed by atoms with Crippen LogP contribution in [0.3, 0.4) is 0 Å². The summed E-state index contributed by atoms with van der Waals surface area (Å²) in [6.07, 6.45) is 2.27. The first kappa shape index (κ1) is 26.3. The van der Waals surface area contributed by atoms with E-state index in [1.807, 2.05) is 61.5 Å². The molecule has 0 heterocycles. The predicted octanol–water partition coefficient (Wildman–Crippen LogP) is 5.58. The molecule has 0 aliphatic rings. The average Bonchev–Trinajstić information content (AvgIpc) is 2.86. The van der Waals surface area contributed by atoms with E-state index in [1.165, 1.54) is 0 Å². The molecule has 0 radical (unpaired) electrons. The van der Waals surface area contributed by atoms with E-state index in [2.05, 4.69) is 12.2 Å². The van der Waals surface area contributed by atoms with Gasteiger partial charge in [0.15, 0.2) is 6.61 Å². The van der Waals surface area contributed by atoms with Gasteiger partial charge in [0, 0.05) is 24.5 Å². The first-order valence-electron chi connectivity index (χ1n) is 12.0. The van der Waals surface area contributed by atoms with Gasteiger partial charge in [-0.05, 0) is 48.7 Å². The lowest BCUT2D eigenvalue weighted by Crippen LogP contribution is -2.51. The van der Waals surface area contributed by atoms with E-state index in [0.717, 1.165) is 29.5 Å². The van der Waals surface area contributed by atoms with Crippen LogP contribution in [0.4, 0.5) is 0 Å². The molecule has 0 aliphatic carbocycles. The molecule has 1 N–H and O–H groups in total. The number of halogens is 1. The number of unbranched alkanes of at least 4 members (excludes halogenated alkanes) is 1. The van der Waals surface area contributed by atoms with Crippen LogP contribution in [0.1, 0.15) is 36.5 Å². The molecule has 6 heteroatoms. The van der Waals surface area contributed by atoms with Crippen molar-refractivity contribution in [3.05, 3.63) is 101 Å². The van der Waals surface area contributed by atoms with Gasteiger partial charge < -0.3 is 15.0 Å². The largest absolute Gasteiger partial charge is 0.484 e. The number of hydrogen-bond acceptors (Lipinski definition) is 3. The van der Waals surface area contributed by atoms with E-state index >= 15 is 0 Å². The summed E-state index contributed by atoms with van der Waals surface area (Å²) in [6.45, 7) is 4.80. The summed E-state index contributed by atoms with van der Waals surface area (Å²) < 4.78 is 5.76. The number of rotatable bonds is 12. The maximum Gasteiger partial charge on any atom is 0.261 e. The fourth-order valence-electron chi connectivity index (χ4n) is 3.83. The first-order chi connectivity index (χ1) is 17.0. The molecule has 0 unspecified atom stereocenters. The highest BCUT2D eigenvalue weighted by Crippen LogP contribution is 2.18. The summed E-state index contributed by atoms with van der Waals surface area (Å²) >= 11 is 5.96. The summed E-state index contributed by atoms with van der Waals surface area (Å²) in [5, 5.41) is 3.62. The Bertz CT molecular complexity index is 1090. The van der Waals surface area contributed by atoms with Crippen LogP contribution in [0.2, 0.25) is 5.02 Å². The zero-order chi connectivity index (χ0) is 25.0. The number of carbonyl (C=O) groups is 2. The van der Waals surface area contributed by atoms with Gasteiger partial charge in [-0.1, -0.05) is 85.1 Å². The molecule has 0 fully saturated rings. The molecule has 0 aromatic heterocycles. The van der Waals surface area contributed by atoms with E-state index in [9.17, 15) is 9.59 Å². The first-order valence-corrected chi connectivity index (χ1v) is 12.4. The molecule has 0 spiro atoms. The Balaban J connectivity index is 1.87. The number of benzene rings is 3. The van der Waals surface area contributed by atoms with Crippen LogP contribution in [0.25, 0.3) is 0 Å². The topological polar surface area (TPSA) is 58.6 Å². The van der Waals surface area contributed by atoms with Crippen molar-refractivity contribution in [2.24, 2.45) is 0 Å². The van der Waals surface area contributed by atoms with Crippen molar-refractivity contribution in [3.8, 4) is 5.75 Å². The molecule has 184 valence electrons. The molecule has 3 rings (SSSR count). The average molecular weight is 493 g/mol. The number of amides is 2. The summed E-state index contributed by atoms with van der Waals surface area (Å²) in [5.74, 6) is 0.132. The van der Waals surface area contributed by atoms with Gasteiger partial charge >= 0.3 is 0 Å². The molecule has 3 aromatic rings. The zero-order valence-electron chi connectivity index (χ0n) is 20.4. The number of nitrogens with one attached hydrogen (secondary N) is 1. The Morgan fingerprint density at radius 2 is 1.69 bits per heavy atom. The van der Waals surface area contributed by atoms with Gasteiger partial charge in [0.1, 0.15) is 11.8 Å². The maximum atomic E-state index is 13.5. The lowest BCUT2D eigenvalue weighted by Gasteiger charge is -2.31. The number of carbonyl (C=O) groups excluding carboxylic acids is 2. The Kier molecular flexibility index (Phi) is 10.2. The van der Waals surface area contributed by atoms with Crippen LogP contribution in [0.15, 0.2) is 78.9 Å². The van der Waals surface area contributed by atoms with E-state index in [1.54, 1.807) is 29.2 Å². The molecule has 3 aromatic carbocycles. The summed E-state index contributed by atoms with van der Waals surface area (Å²) in [7, 11) is 0. The van der Waals surface area contributed by atoms with Gasteiger partial charge in [0.05, 0.1) is 0 Å². The van der Waals surface area contributed by atoms with Crippen molar-refractivity contribution in [3.63, 3.8) is 0 Å². The van der Waals surface area contributed by atoms with Crippen LogP contribution in [-0.2, 0) is 22.6 Å². The monoisotopic (exact) mass is 492 g/mol. The SMILES string of the molecule is CCCCNC(=O)[C@H](Cc1ccccc1)N(Cc1cccc(C)c1)C(=O)COc1ccc(Cl)cc1. The highest BCUT2D eigenvalue weighted by atomic mass is 35.5. The van der Waals surface area contributed by atoms with Crippen molar-refractivity contribution in [2.45, 2.75) is 45.7 Å². The van der Waals surface area contributed by atoms with Crippen LogP contribution >= 0.6 is 11.6 Å². The molecule has 35 heavy (non-hydrogen) atoms. The minimum atomic E-state index is -0.670. The van der Waals surface area contributed by atoms with Crippen molar-refractivity contribution in [2.75, 3.05) is 13.2 Å². The molecule has 0 saturated heterocycles. The van der Waals surface area contributed by atoms with E-state index in [4.69, 9.17) is 16.3 Å². The molecular weight excluding hydrogens is 460 g/mol. The summed E-state index contributed by atoms with van der Waals surface area (Å²) in [5.41, 5.74) is 3.05. The fraction of sp³-hybridized carbons (Fsp3) is 0.310. The lowest BCUT2D eigenvalue weighted by molar-refractivity contribution is -0.142. The molecule has 0 aliphatic heterocycles. The van der Waals surface area contributed by atoms with E-state index in [0.29, 0.717) is 30.3 Å². The lowest BCUT2D eigenvalue weighted by atomic mass is 10.0. The van der Waals surface area contributed by atoms with Crippen LogP contribution in [0, 0.1) is 6.92 Å². The predicted molar refractivity (Wildman–Crippen MR) is 141 cm³/mol. The smallest absolute Gasteiger partial charge is 0.261 e. The highest BCUT2D eigenvalue weighted by Gasteiger charge is 2.30. The molecular formula is C29H33ClN2O3. The fourth-order valence-corrected chi connectivity index (χ4v) is 3.95. The molecule has 2 amide bonds. The van der Waals surface area contributed by atoms with Crippen molar-refractivity contribution >= 4 is 23.4 Å². The van der Waals surface area contributed by atoms with Crippen molar-refractivity contribution in [1.29, 1.82) is 0 Å². The normalized spacial score (nSPS) is 11.5. The van der Waals surface area contributed by atoms with Crippen LogP contribution in [0.5, 0.6) is 5.75 Å². The third-order valence-corrected chi connectivity index (χ3v) is 5.96. The Morgan fingerprint density at radius 1 is 0.971 bits per heavy atom. The number of ether oxygens (including phenoxy) is 1. The standard InChI is InChI=1S/C29H33ClN2O3/c1-3-4-17-31-29(34)27(19-23-10-6-5-7-11-23)32(20-24-12-8-9-22(2)18-24)28(33)21-35-26-15-13-25(30)14-16-26/h5-16,18,27H,3-4,17,19-21H2,1-2H3,(H,31,34)/t27-/m0/s1. The quantitative estimate of drug-likeness (QED) is 0.335.